The van der Waals surface area contributed by atoms with Gasteiger partial charge in [0.1, 0.15) is 6.54 Å². The molecule has 0 aliphatic carbocycles. The first-order chi connectivity index (χ1) is 9.40. The van der Waals surface area contributed by atoms with E-state index in [1.165, 1.54) is 15.6 Å². The molecule has 0 radical (unpaired) electrons. The molecule has 2 rings (SSSR count). The van der Waals surface area contributed by atoms with Crippen LogP contribution in [0, 0.1) is 0 Å². The normalized spacial score (nSPS) is 10.6. The maximum Gasteiger partial charge on any atom is 0.431 e. The minimum atomic E-state index is -0.519. The van der Waals surface area contributed by atoms with Crippen LogP contribution in [0.5, 0.6) is 0 Å². The lowest BCUT2D eigenvalue weighted by atomic mass is 10.2. The molecule has 0 aliphatic rings. The molecule has 0 bridgehead atoms. The maximum absolute atomic E-state index is 12.3. The van der Waals surface area contributed by atoms with Crippen LogP contribution < -0.4 is 10.3 Å². The molecule has 2 aromatic rings. The van der Waals surface area contributed by atoms with E-state index in [0.29, 0.717) is 16.3 Å². The van der Waals surface area contributed by atoms with Crippen LogP contribution in [0.15, 0.2) is 27.5 Å². The van der Waals surface area contributed by atoms with Gasteiger partial charge in [-0.25, -0.2) is 4.79 Å². The van der Waals surface area contributed by atoms with E-state index in [9.17, 15) is 9.59 Å². The Morgan fingerprint density at radius 1 is 1.45 bits per heavy atom. The van der Waals surface area contributed by atoms with Gasteiger partial charge < -0.3 is 4.90 Å². The molecule has 106 valence electrons. The van der Waals surface area contributed by atoms with Crippen LogP contribution in [-0.4, -0.2) is 23.1 Å². The summed E-state index contributed by atoms with van der Waals surface area (Å²) in [5.74, 6) is -0.313. The first kappa shape index (κ1) is 14.6. The number of rotatable bonds is 3. The number of hydrogen-bond acceptors (Lipinski definition) is 3. The second-order valence-corrected chi connectivity index (χ2v) is 5.12. The van der Waals surface area contributed by atoms with Crippen molar-refractivity contribution < 1.29 is 14.0 Å². The van der Waals surface area contributed by atoms with Gasteiger partial charge in [0.25, 0.3) is 5.91 Å². The molecule has 0 aliphatic heterocycles. The molecule has 0 saturated carbocycles. The smallest absolute Gasteiger partial charge is 0.331 e. The Bertz CT molecular complexity index is 708. The van der Waals surface area contributed by atoms with Gasteiger partial charge in [0.05, 0.1) is 10.6 Å². The van der Waals surface area contributed by atoms with Gasteiger partial charge in [-0.3, -0.25) is 9.32 Å². The minimum absolute atomic E-state index is 0.0973. The predicted molar refractivity (Wildman–Crippen MR) is 72.8 cm³/mol. The number of H-pyrrole nitrogens is 1. The Balaban J connectivity index is 2.23. The standard InChI is InChI=1S/C12H11Cl2N3O3/c1-16(6-10-12(19)20-15-17(10)2)11(18)8-4-3-7(13)5-9(8)14/h3-5H,6H2,1-2H3/p+1. The van der Waals surface area contributed by atoms with Crippen LogP contribution in [-0.2, 0) is 13.6 Å². The van der Waals surface area contributed by atoms with Gasteiger partial charge >= 0.3 is 11.3 Å². The monoisotopic (exact) mass is 316 g/mol. The number of aromatic amines is 1. The van der Waals surface area contributed by atoms with E-state index in [1.807, 2.05) is 0 Å². The zero-order chi connectivity index (χ0) is 14.9. The van der Waals surface area contributed by atoms with E-state index in [-0.39, 0.29) is 17.5 Å². The van der Waals surface area contributed by atoms with Crippen LogP contribution in [0.3, 0.4) is 0 Å². The fraction of sp³-hybridized carbons (Fsp3) is 0.250. The Morgan fingerprint density at radius 2 is 2.15 bits per heavy atom. The van der Waals surface area contributed by atoms with Crippen molar-refractivity contribution in [1.82, 2.24) is 10.2 Å². The summed E-state index contributed by atoms with van der Waals surface area (Å²) in [5, 5.41) is 3.10. The molecule has 6 nitrogen and oxygen atoms in total. The summed E-state index contributed by atoms with van der Waals surface area (Å²) < 4.78 is 6.03. The second kappa shape index (κ2) is 5.68. The Morgan fingerprint density at radius 3 is 2.70 bits per heavy atom. The summed E-state index contributed by atoms with van der Waals surface area (Å²) in [6.07, 6.45) is 0. The molecule has 1 amide bonds. The van der Waals surface area contributed by atoms with Gasteiger partial charge in [0.15, 0.2) is 7.05 Å². The molecule has 1 heterocycles. The van der Waals surface area contributed by atoms with Crippen molar-refractivity contribution in [1.29, 1.82) is 0 Å². The molecule has 1 aromatic heterocycles. The van der Waals surface area contributed by atoms with Crippen LogP contribution in [0.2, 0.25) is 10.0 Å². The highest BCUT2D eigenvalue weighted by Gasteiger charge is 2.23. The van der Waals surface area contributed by atoms with Gasteiger partial charge in [-0.2, -0.15) is 0 Å². The number of hydrogen-bond donors (Lipinski definition) is 1. The van der Waals surface area contributed by atoms with E-state index in [0.717, 1.165) is 0 Å². The quantitative estimate of drug-likeness (QED) is 0.869. The molecule has 1 aromatic carbocycles. The first-order valence-corrected chi connectivity index (χ1v) is 6.42. The number of aryl methyl sites for hydroxylation is 1. The lowest BCUT2D eigenvalue weighted by Gasteiger charge is -2.15. The summed E-state index contributed by atoms with van der Waals surface area (Å²) in [5.41, 5.74) is 0.126. The van der Waals surface area contributed by atoms with Crippen LogP contribution in [0.25, 0.3) is 0 Å². The lowest BCUT2D eigenvalue weighted by Crippen LogP contribution is -2.40. The summed E-state index contributed by atoms with van der Waals surface area (Å²) in [6, 6.07) is 4.62. The average Bonchev–Trinajstić information content (AvgIpc) is 2.70. The molecule has 8 heteroatoms. The number of aromatic nitrogens is 2. The maximum atomic E-state index is 12.3. The molecular weight excluding hydrogens is 305 g/mol. The summed E-state index contributed by atoms with van der Waals surface area (Å²) >= 11 is 11.8. The number of nitrogens with zero attached hydrogens (tertiary/aromatic N) is 2. The molecule has 0 unspecified atom stereocenters. The molecule has 0 saturated heterocycles. The van der Waals surface area contributed by atoms with E-state index >= 15 is 0 Å². The third-order valence-electron chi connectivity index (χ3n) is 2.81. The van der Waals surface area contributed by atoms with Crippen molar-refractivity contribution in [3.63, 3.8) is 0 Å². The number of halogens is 2. The van der Waals surface area contributed by atoms with Gasteiger partial charge in [0, 0.05) is 12.1 Å². The van der Waals surface area contributed by atoms with Crippen molar-refractivity contribution >= 4 is 29.1 Å². The van der Waals surface area contributed by atoms with Crippen molar-refractivity contribution in [2.24, 2.45) is 7.05 Å². The van der Waals surface area contributed by atoms with Crippen molar-refractivity contribution in [3.8, 4) is 0 Å². The van der Waals surface area contributed by atoms with Gasteiger partial charge in [-0.1, -0.05) is 27.9 Å². The molecule has 0 spiro atoms. The highest BCUT2D eigenvalue weighted by molar-refractivity contribution is 6.36. The third kappa shape index (κ3) is 2.86. The number of carbonyl (C=O) groups excluding carboxylic acids is 1. The lowest BCUT2D eigenvalue weighted by molar-refractivity contribution is -0.746. The van der Waals surface area contributed by atoms with E-state index in [4.69, 9.17) is 23.2 Å². The number of carbonyl (C=O) groups is 1. The summed E-state index contributed by atoms with van der Waals surface area (Å²) in [6.45, 7) is 0.0973. The molecular formula is C12H12Cl2N3O3+. The molecule has 20 heavy (non-hydrogen) atoms. The predicted octanol–water partition coefficient (Wildman–Crippen LogP) is 1.37. The largest absolute Gasteiger partial charge is 0.431 e. The van der Waals surface area contributed by atoms with Crippen molar-refractivity contribution in [3.05, 3.63) is 49.9 Å². The summed E-state index contributed by atoms with van der Waals surface area (Å²) in [4.78, 5) is 25.1. The van der Waals surface area contributed by atoms with Gasteiger partial charge in [-0.05, 0) is 23.5 Å². The summed E-state index contributed by atoms with van der Waals surface area (Å²) in [7, 11) is 3.19. The molecule has 1 N–H and O–H groups in total. The minimum Gasteiger partial charge on any atom is -0.331 e. The van der Waals surface area contributed by atoms with E-state index in [1.54, 1.807) is 26.2 Å². The van der Waals surface area contributed by atoms with Crippen LogP contribution in [0.4, 0.5) is 0 Å². The first-order valence-electron chi connectivity index (χ1n) is 5.67. The van der Waals surface area contributed by atoms with Crippen LogP contribution in [0.1, 0.15) is 16.1 Å². The van der Waals surface area contributed by atoms with E-state index in [2.05, 4.69) is 9.79 Å². The fourth-order valence-corrected chi connectivity index (χ4v) is 2.19. The zero-order valence-corrected chi connectivity index (χ0v) is 12.3. The topological polar surface area (TPSA) is 70.2 Å². The number of amides is 1. The van der Waals surface area contributed by atoms with E-state index < -0.39 is 5.63 Å². The van der Waals surface area contributed by atoms with Crippen LogP contribution >= 0.6 is 23.2 Å². The van der Waals surface area contributed by atoms with Gasteiger partial charge in [0.2, 0.25) is 0 Å². The molecule has 0 atom stereocenters. The highest BCUT2D eigenvalue weighted by Crippen LogP contribution is 2.22. The fourth-order valence-electron chi connectivity index (χ4n) is 1.70. The molecule has 0 fully saturated rings. The van der Waals surface area contributed by atoms with Crippen molar-refractivity contribution in [2.75, 3.05) is 7.05 Å². The van der Waals surface area contributed by atoms with Gasteiger partial charge in [-0.15, -0.1) is 0 Å². The SMILES string of the molecule is CN(Cc1c(=O)o[nH][n+]1C)C(=O)c1ccc(Cl)cc1Cl. The number of nitrogens with one attached hydrogen (secondary N) is 1. The Labute approximate surface area is 124 Å². The second-order valence-electron chi connectivity index (χ2n) is 4.27. The Kier molecular flexibility index (Phi) is 4.15. The van der Waals surface area contributed by atoms with Crippen molar-refractivity contribution in [2.45, 2.75) is 6.54 Å². The zero-order valence-electron chi connectivity index (χ0n) is 10.8. The Hall–Kier alpha value is -1.79. The number of benzene rings is 1. The average molecular weight is 317 g/mol. The third-order valence-corrected chi connectivity index (χ3v) is 3.36. The highest BCUT2D eigenvalue weighted by atomic mass is 35.5.